The van der Waals surface area contributed by atoms with Crippen LogP contribution in [0.3, 0.4) is 0 Å². The second-order valence-electron chi connectivity index (χ2n) is 3.49. The molecule has 88 valence electrons. The molecule has 1 heterocycles. The van der Waals surface area contributed by atoms with Gasteiger partial charge in [0.05, 0.1) is 12.7 Å². The van der Waals surface area contributed by atoms with Crippen molar-refractivity contribution in [2.75, 3.05) is 13.7 Å². The summed E-state index contributed by atoms with van der Waals surface area (Å²) in [5.41, 5.74) is 7.10. The number of methoxy groups -OCH3 is 1. The Bertz CT molecular complexity index is 395. The molecule has 1 aliphatic heterocycles. The van der Waals surface area contributed by atoms with E-state index in [-0.39, 0.29) is 24.5 Å². The number of carbonyl (C=O) groups is 1. The standard InChI is InChI=1S/C11H13NO3.ClH/c1-14-11(13)7-2-3-10-8(4-7)5-9(6-12)15-10;/h2-4,9H,5-6,12H2,1H3;1H. The molecule has 0 radical (unpaired) electrons. The van der Waals surface area contributed by atoms with Gasteiger partial charge < -0.3 is 15.2 Å². The number of hydrogen-bond donors (Lipinski definition) is 1. The lowest BCUT2D eigenvalue weighted by molar-refractivity contribution is 0.0600. The quantitative estimate of drug-likeness (QED) is 0.792. The summed E-state index contributed by atoms with van der Waals surface area (Å²) in [6.45, 7) is 0.488. The molecule has 0 aromatic heterocycles. The zero-order chi connectivity index (χ0) is 10.8. The Morgan fingerprint density at radius 1 is 1.62 bits per heavy atom. The van der Waals surface area contributed by atoms with Gasteiger partial charge in [0.25, 0.3) is 0 Å². The Balaban J connectivity index is 0.00000128. The summed E-state index contributed by atoms with van der Waals surface area (Å²) in [5.74, 6) is 0.493. The first kappa shape index (κ1) is 12.8. The molecule has 1 atom stereocenters. The van der Waals surface area contributed by atoms with E-state index in [2.05, 4.69) is 4.74 Å². The van der Waals surface area contributed by atoms with Crippen LogP contribution < -0.4 is 10.5 Å². The molecule has 2 N–H and O–H groups in total. The van der Waals surface area contributed by atoms with Gasteiger partial charge in [0.1, 0.15) is 11.9 Å². The van der Waals surface area contributed by atoms with E-state index < -0.39 is 0 Å². The lowest BCUT2D eigenvalue weighted by Crippen LogP contribution is -2.24. The van der Waals surface area contributed by atoms with Gasteiger partial charge >= 0.3 is 5.97 Å². The molecule has 1 unspecified atom stereocenters. The van der Waals surface area contributed by atoms with Crippen LogP contribution in [-0.2, 0) is 11.2 Å². The highest BCUT2D eigenvalue weighted by molar-refractivity contribution is 5.89. The van der Waals surface area contributed by atoms with Crippen molar-refractivity contribution in [2.24, 2.45) is 5.73 Å². The highest BCUT2D eigenvalue weighted by atomic mass is 35.5. The minimum Gasteiger partial charge on any atom is -0.488 e. The van der Waals surface area contributed by atoms with E-state index >= 15 is 0 Å². The third-order valence-corrected chi connectivity index (χ3v) is 2.49. The predicted octanol–water partition coefficient (Wildman–Crippen LogP) is 1.16. The number of hydrogen-bond acceptors (Lipinski definition) is 4. The van der Waals surface area contributed by atoms with Crippen molar-refractivity contribution in [3.63, 3.8) is 0 Å². The van der Waals surface area contributed by atoms with E-state index in [1.54, 1.807) is 18.2 Å². The fourth-order valence-electron chi connectivity index (χ4n) is 1.70. The average Bonchev–Trinajstić information content (AvgIpc) is 2.69. The van der Waals surface area contributed by atoms with Crippen molar-refractivity contribution in [1.82, 2.24) is 0 Å². The van der Waals surface area contributed by atoms with Crippen LogP contribution >= 0.6 is 12.4 Å². The summed E-state index contributed by atoms with van der Waals surface area (Å²) in [4.78, 5) is 11.3. The molecule has 0 saturated heterocycles. The monoisotopic (exact) mass is 243 g/mol. The van der Waals surface area contributed by atoms with E-state index in [9.17, 15) is 4.79 Å². The molecule has 16 heavy (non-hydrogen) atoms. The van der Waals surface area contributed by atoms with Crippen molar-refractivity contribution in [2.45, 2.75) is 12.5 Å². The SMILES string of the molecule is COC(=O)c1ccc2c(c1)CC(CN)O2.Cl. The first-order chi connectivity index (χ1) is 7.24. The van der Waals surface area contributed by atoms with E-state index in [1.807, 2.05) is 0 Å². The number of benzene rings is 1. The zero-order valence-electron chi connectivity index (χ0n) is 8.93. The van der Waals surface area contributed by atoms with Crippen molar-refractivity contribution in [3.05, 3.63) is 29.3 Å². The predicted molar refractivity (Wildman–Crippen MR) is 62.2 cm³/mol. The summed E-state index contributed by atoms with van der Waals surface area (Å²) in [6.07, 6.45) is 0.796. The topological polar surface area (TPSA) is 61.5 Å². The minimum absolute atomic E-state index is 0. The van der Waals surface area contributed by atoms with Gasteiger partial charge in [-0.25, -0.2) is 4.79 Å². The number of rotatable bonds is 2. The number of halogens is 1. The maximum Gasteiger partial charge on any atom is 0.337 e. The summed E-state index contributed by atoms with van der Waals surface area (Å²) in [5, 5.41) is 0. The first-order valence-corrected chi connectivity index (χ1v) is 4.82. The molecule has 0 saturated carbocycles. The molecule has 5 heteroatoms. The molecule has 1 aromatic rings. The maximum atomic E-state index is 11.3. The van der Waals surface area contributed by atoms with Gasteiger partial charge in [0, 0.05) is 13.0 Å². The van der Waals surface area contributed by atoms with Gasteiger partial charge in [0.2, 0.25) is 0 Å². The van der Waals surface area contributed by atoms with Crippen LogP contribution in [-0.4, -0.2) is 25.7 Å². The number of carbonyl (C=O) groups excluding carboxylic acids is 1. The van der Waals surface area contributed by atoms with Crippen LogP contribution in [0.25, 0.3) is 0 Å². The molecule has 0 bridgehead atoms. The van der Waals surface area contributed by atoms with Gasteiger partial charge in [-0.05, 0) is 23.8 Å². The summed E-state index contributed by atoms with van der Waals surface area (Å²) in [7, 11) is 1.37. The third-order valence-electron chi connectivity index (χ3n) is 2.49. The number of nitrogens with two attached hydrogens (primary N) is 1. The number of fused-ring (bicyclic) bond motifs is 1. The van der Waals surface area contributed by atoms with Crippen LogP contribution in [0.15, 0.2) is 18.2 Å². The smallest absolute Gasteiger partial charge is 0.337 e. The normalized spacial score (nSPS) is 17.0. The van der Waals surface area contributed by atoms with Gasteiger partial charge in [-0.15, -0.1) is 12.4 Å². The Kier molecular flexibility index (Phi) is 4.15. The van der Waals surface area contributed by atoms with Crippen LogP contribution in [0.5, 0.6) is 5.75 Å². The van der Waals surface area contributed by atoms with E-state index in [0.717, 1.165) is 17.7 Å². The van der Waals surface area contributed by atoms with E-state index in [1.165, 1.54) is 7.11 Å². The second-order valence-corrected chi connectivity index (χ2v) is 3.49. The Labute approximate surface area is 100 Å². The van der Waals surface area contributed by atoms with Crippen molar-refractivity contribution >= 4 is 18.4 Å². The van der Waals surface area contributed by atoms with Crippen LogP contribution in [0.1, 0.15) is 15.9 Å². The molecule has 0 aliphatic carbocycles. The average molecular weight is 244 g/mol. The van der Waals surface area contributed by atoms with Gasteiger partial charge in [-0.1, -0.05) is 0 Å². The van der Waals surface area contributed by atoms with Crippen LogP contribution in [0.2, 0.25) is 0 Å². The molecule has 0 amide bonds. The second kappa shape index (κ2) is 5.18. The van der Waals surface area contributed by atoms with Gasteiger partial charge in [-0.2, -0.15) is 0 Å². The molecule has 4 nitrogen and oxygen atoms in total. The highest BCUT2D eigenvalue weighted by Gasteiger charge is 2.22. The van der Waals surface area contributed by atoms with Crippen LogP contribution in [0, 0.1) is 0 Å². The molecule has 1 aliphatic rings. The number of esters is 1. The summed E-state index contributed by atoms with van der Waals surface area (Å²) in [6, 6.07) is 5.29. The largest absolute Gasteiger partial charge is 0.488 e. The first-order valence-electron chi connectivity index (χ1n) is 4.82. The molecule has 2 rings (SSSR count). The Morgan fingerprint density at radius 2 is 2.38 bits per heavy atom. The maximum absolute atomic E-state index is 11.3. The summed E-state index contributed by atoms with van der Waals surface area (Å²) >= 11 is 0. The highest BCUT2D eigenvalue weighted by Crippen LogP contribution is 2.29. The minimum atomic E-state index is -0.325. The lowest BCUT2D eigenvalue weighted by Gasteiger charge is -2.05. The van der Waals surface area contributed by atoms with Crippen molar-refractivity contribution < 1.29 is 14.3 Å². The molecular weight excluding hydrogens is 230 g/mol. The van der Waals surface area contributed by atoms with Gasteiger partial charge in [-0.3, -0.25) is 0 Å². The Hall–Kier alpha value is -1.26. The molecule has 0 fully saturated rings. The molecular formula is C11H14ClNO3. The summed E-state index contributed by atoms with van der Waals surface area (Å²) < 4.78 is 10.2. The van der Waals surface area contributed by atoms with E-state index in [0.29, 0.717) is 12.1 Å². The number of ether oxygens (including phenoxy) is 2. The molecule has 1 aromatic carbocycles. The van der Waals surface area contributed by atoms with Crippen molar-refractivity contribution in [1.29, 1.82) is 0 Å². The zero-order valence-corrected chi connectivity index (χ0v) is 9.75. The third kappa shape index (κ3) is 2.28. The Morgan fingerprint density at radius 3 is 3.00 bits per heavy atom. The van der Waals surface area contributed by atoms with E-state index in [4.69, 9.17) is 10.5 Å². The fraction of sp³-hybridized carbons (Fsp3) is 0.364. The van der Waals surface area contributed by atoms with Gasteiger partial charge in [0.15, 0.2) is 0 Å². The lowest BCUT2D eigenvalue weighted by atomic mass is 10.1. The van der Waals surface area contributed by atoms with Crippen molar-refractivity contribution in [3.8, 4) is 5.75 Å². The fourth-order valence-corrected chi connectivity index (χ4v) is 1.70. The molecule has 0 spiro atoms. The van der Waals surface area contributed by atoms with Crippen LogP contribution in [0.4, 0.5) is 0 Å².